The molecule has 0 spiro atoms. The molecule has 0 saturated heterocycles. The third kappa shape index (κ3) is 5.09. The first-order valence-electron chi connectivity index (χ1n) is 11.8. The number of nitrogens with zero attached hydrogens (tertiary/aromatic N) is 3. The number of aryl methyl sites for hydroxylation is 4. The van der Waals surface area contributed by atoms with Gasteiger partial charge in [-0.1, -0.05) is 23.8 Å². The van der Waals surface area contributed by atoms with Crippen molar-refractivity contribution in [2.24, 2.45) is 0 Å². The van der Waals surface area contributed by atoms with Crippen molar-refractivity contribution in [3.8, 4) is 5.69 Å². The van der Waals surface area contributed by atoms with Crippen LogP contribution < -0.4 is 5.32 Å². The Kier molecular flexibility index (Phi) is 6.96. The van der Waals surface area contributed by atoms with Crippen LogP contribution in [-0.2, 0) is 16.0 Å². The highest BCUT2D eigenvalue weighted by atomic mass is 16.5. The minimum atomic E-state index is -0.407. The fourth-order valence-electron chi connectivity index (χ4n) is 4.34. The Morgan fingerprint density at radius 3 is 2.46 bits per heavy atom. The van der Waals surface area contributed by atoms with Crippen molar-refractivity contribution in [1.29, 1.82) is 0 Å². The summed E-state index contributed by atoms with van der Waals surface area (Å²) in [7, 11) is 0. The van der Waals surface area contributed by atoms with Gasteiger partial charge in [0.05, 0.1) is 23.6 Å². The minimum Gasteiger partial charge on any atom is -0.462 e. The summed E-state index contributed by atoms with van der Waals surface area (Å²) >= 11 is 0. The molecule has 7 nitrogen and oxygen atoms in total. The summed E-state index contributed by atoms with van der Waals surface area (Å²) in [6.45, 7) is 10.2. The molecule has 2 aromatic heterocycles. The molecular formula is C28H30N4O3. The predicted octanol–water partition coefficient (Wildman–Crippen LogP) is 5.40. The highest BCUT2D eigenvalue weighted by Crippen LogP contribution is 2.28. The van der Waals surface area contributed by atoms with Gasteiger partial charge in [-0.05, 0) is 82.5 Å². The number of benzene rings is 2. The number of carbonyl (C=O) groups excluding carboxylic acids is 2. The number of aromatic nitrogens is 3. The molecule has 0 aliphatic rings. The Bertz CT molecular complexity index is 1400. The second kappa shape index (κ2) is 10.1. The molecule has 1 amide bonds. The first kappa shape index (κ1) is 24.1. The Balaban J connectivity index is 1.53. The van der Waals surface area contributed by atoms with Gasteiger partial charge in [-0.3, -0.25) is 4.79 Å². The first-order chi connectivity index (χ1) is 16.8. The lowest BCUT2D eigenvalue weighted by molar-refractivity contribution is -0.116. The number of anilines is 1. The van der Waals surface area contributed by atoms with Gasteiger partial charge in [0.25, 0.3) is 0 Å². The molecule has 0 radical (unpaired) electrons. The van der Waals surface area contributed by atoms with Crippen LogP contribution in [-0.4, -0.2) is 33.2 Å². The fraction of sp³-hybridized carbons (Fsp3) is 0.286. The predicted molar refractivity (Wildman–Crippen MR) is 137 cm³/mol. The van der Waals surface area contributed by atoms with Crippen molar-refractivity contribution in [2.75, 3.05) is 11.9 Å². The lowest BCUT2D eigenvalue weighted by Gasteiger charge is -2.12. The van der Waals surface area contributed by atoms with Crippen LogP contribution in [0.3, 0.4) is 0 Å². The van der Waals surface area contributed by atoms with E-state index in [1.807, 2.05) is 30.7 Å². The maximum Gasteiger partial charge on any atom is 0.338 e. The van der Waals surface area contributed by atoms with Crippen LogP contribution >= 0.6 is 0 Å². The number of nitrogens with one attached hydrogen (secondary N) is 1. The summed E-state index contributed by atoms with van der Waals surface area (Å²) in [6, 6.07) is 15.0. The topological polar surface area (TPSA) is 86.1 Å². The van der Waals surface area contributed by atoms with Gasteiger partial charge in [-0.25, -0.2) is 14.5 Å². The van der Waals surface area contributed by atoms with Gasteiger partial charge in [-0.2, -0.15) is 5.10 Å². The lowest BCUT2D eigenvalue weighted by atomic mass is 9.99. The molecule has 4 rings (SSSR count). The number of hydrogen-bond acceptors (Lipinski definition) is 5. The number of esters is 1. The number of rotatable bonds is 7. The van der Waals surface area contributed by atoms with Crippen LogP contribution in [0.15, 0.2) is 48.5 Å². The zero-order chi connectivity index (χ0) is 25.1. The summed E-state index contributed by atoms with van der Waals surface area (Å²) in [5.41, 5.74) is 7.91. The van der Waals surface area contributed by atoms with Gasteiger partial charge in [0.15, 0.2) is 5.65 Å². The van der Waals surface area contributed by atoms with Crippen LogP contribution in [0.5, 0.6) is 0 Å². The highest BCUT2D eigenvalue weighted by molar-refractivity contribution is 5.94. The summed E-state index contributed by atoms with van der Waals surface area (Å²) in [4.78, 5) is 29.5. The average Bonchev–Trinajstić information content (AvgIpc) is 3.15. The molecule has 0 saturated carbocycles. The second-order valence-corrected chi connectivity index (χ2v) is 8.68. The molecular weight excluding hydrogens is 440 g/mol. The molecule has 35 heavy (non-hydrogen) atoms. The number of ether oxygens (including phenoxy) is 1. The number of pyridine rings is 1. The standard InChI is InChI=1S/C28H30N4O3/c1-6-35-28(34)21-8-7-9-22(16-21)30-25(33)15-14-24-18(3)26-20(5)31-32(27(26)29-19(24)4)23-12-10-17(2)11-13-23/h7-13,16H,6,14-15H2,1-5H3,(H,30,33). The molecule has 2 heterocycles. The summed E-state index contributed by atoms with van der Waals surface area (Å²) < 4.78 is 6.92. The Hall–Kier alpha value is -4.00. The van der Waals surface area contributed by atoms with Gasteiger partial charge >= 0.3 is 5.97 Å². The quantitative estimate of drug-likeness (QED) is 0.365. The van der Waals surface area contributed by atoms with E-state index in [1.165, 1.54) is 5.56 Å². The third-order valence-corrected chi connectivity index (χ3v) is 6.11. The molecule has 180 valence electrons. The maximum atomic E-state index is 12.7. The van der Waals surface area contributed by atoms with Crippen LogP contribution in [0.4, 0.5) is 5.69 Å². The van der Waals surface area contributed by atoms with Crippen molar-refractivity contribution in [1.82, 2.24) is 14.8 Å². The van der Waals surface area contributed by atoms with Gasteiger partial charge in [-0.15, -0.1) is 0 Å². The van der Waals surface area contributed by atoms with Crippen LogP contribution in [0.2, 0.25) is 0 Å². The maximum absolute atomic E-state index is 12.7. The van der Waals surface area contributed by atoms with E-state index in [4.69, 9.17) is 14.8 Å². The molecule has 2 aromatic carbocycles. The van der Waals surface area contributed by atoms with E-state index in [2.05, 4.69) is 31.3 Å². The molecule has 0 fully saturated rings. The van der Waals surface area contributed by atoms with E-state index in [9.17, 15) is 9.59 Å². The van der Waals surface area contributed by atoms with Crippen molar-refractivity contribution in [2.45, 2.75) is 47.5 Å². The number of fused-ring (bicyclic) bond motifs is 1. The molecule has 0 unspecified atom stereocenters. The first-order valence-corrected chi connectivity index (χ1v) is 11.8. The Morgan fingerprint density at radius 1 is 1.00 bits per heavy atom. The van der Waals surface area contributed by atoms with Gasteiger partial charge in [0.1, 0.15) is 0 Å². The van der Waals surface area contributed by atoms with E-state index >= 15 is 0 Å². The molecule has 0 bridgehead atoms. The van der Waals surface area contributed by atoms with E-state index < -0.39 is 5.97 Å². The smallest absolute Gasteiger partial charge is 0.338 e. The third-order valence-electron chi connectivity index (χ3n) is 6.11. The SMILES string of the molecule is CCOC(=O)c1cccc(NC(=O)CCc2c(C)nc3c(c(C)nn3-c3ccc(C)cc3)c2C)c1. The van der Waals surface area contributed by atoms with E-state index in [0.29, 0.717) is 30.7 Å². The molecule has 1 N–H and O–H groups in total. The largest absolute Gasteiger partial charge is 0.462 e. The monoisotopic (exact) mass is 470 g/mol. The summed E-state index contributed by atoms with van der Waals surface area (Å²) in [5.74, 6) is -0.534. The molecule has 7 heteroatoms. The second-order valence-electron chi connectivity index (χ2n) is 8.68. The van der Waals surface area contributed by atoms with Crippen LogP contribution in [0.25, 0.3) is 16.7 Å². The van der Waals surface area contributed by atoms with Crippen molar-refractivity contribution in [3.63, 3.8) is 0 Å². The summed E-state index contributed by atoms with van der Waals surface area (Å²) in [6.07, 6.45) is 0.850. The lowest BCUT2D eigenvalue weighted by Crippen LogP contribution is -2.14. The molecule has 4 aromatic rings. The fourth-order valence-corrected chi connectivity index (χ4v) is 4.34. The summed E-state index contributed by atoms with van der Waals surface area (Å²) in [5, 5.41) is 8.66. The van der Waals surface area contributed by atoms with Gasteiger partial charge in [0, 0.05) is 23.2 Å². The number of amides is 1. The minimum absolute atomic E-state index is 0.128. The van der Waals surface area contributed by atoms with Gasteiger partial charge < -0.3 is 10.1 Å². The Labute approximate surface area is 205 Å². The van der Waals surface area contributed by atoms with Gasteiger partial charge in [0.2, 0.25) is 5.91 Å². The van der Waals surface area contributed by atoms with Crippen LogP contribution in [0.1, 0.15) is 51.8 Å². The zero-order valence-electron chi connectivity index (χ0n) is 20.8. The molecule has 0 atom stereocenters. The molecule has 0 aliphatic heterocycles. The van der Waals surface area contributed by atoms with Crippen molar-refractivity contribution < 1.29 is 14.3 Å². The van der Waals surface area contributed by atoms with Crippen LogP contribution in [0, 0.1) is 27.7 Å². The number of hydrogen-bond donors (Lipinski definition) is 1. The molecule has 0 aliphatic carbocycles. The van der Waals surface area contributed by atoms with Crippen molar-refractivity contribution in [3.05, 3.63) is 82.2 Å². The van der Waals surface area contributed by atoms with Crippen molar-refractivity contribution >= 4 is 28.6 Å². The van der Waals surface area contributed by atoms with E-state index in [-0.39, 0.29) is 5.91 Å². The zero-order valence-corrected chi connectivity index (χ0v) is 20.8. The highest BCUT2D eigenvalue weighted by Gasteiger charge is 2.18. The Morgan fingerprint density at radius 2 is 1.74 bits per heavy atom. The van der Waals surface area contributed by atoms with E-state index in [0.717, 1.165) is 39.2 Å². The average molecular weight is 471 g/mol. The normalized spacial score (nSPS) is 11.0. The van der Waals surface area contributed by atoms with E-state index in [1.54, 1.807) is 31.2 Å². The number of carbonyl (C=O) groups is 2.